The molecule has 25 heavy (non-hydrogen) atoms. The molecule has 132 valence electrons. The van der Waals surface area contributed by atoms with Crippen LogP contribution in [0, 0.1) is 0 Å². The fraction of sp³-hybridized carbons (Fsp3) is 0.222. The van der Waals surface area contributed by atoms with Crippen LogP contribution in [-0.4, -0.2) is 32.1 Å². The summed E-state index contributed by atoms with van der Waals surface area (Å²) in [7, 11) is 1.60. The average molecular weight is 407 g/mol. The Kier molecular flexibility index (Phi) is 6.97. The predicted molar refractivity (Wildman–Crippen MR) is 100 cm³/mol. The summed E-state index contributed by atoms with van der Waals surface area (Å²) in [5.74, 6) is 0.210. The Labute approximate surface area is 154 Å². The third-order valence-corrected chi connectivity index (χ3v) is 3.80. The van der Waals surface area contributed by atoms with Gasteiger partial charge in [-0.15, -0.1) is 0 Å². The third-order valence-electron chi connectivity index (χ3n) is 3.18. The second-order valence-electron chi connectivity index (χ2n) is 5.20. The summed E-state index contributed by atoms with van der Waals surface area (Å²) in [6.45, 7) is 2.34. The van der Waals surface area contributed by atoms with Crippen molar-refractivity contribution in [3.63, 3.8) is 0 Å². The van der Waals surface area contributed by atoms with Crippen molar-refractivity contribution < 1.29 is 19.1 Å². The largest absolute Gasteiger partial charge is 0.490 e. The number of ether oxygens (including phenoxy) is 2. The molecule has 0 heterocycles. The topological polar surface area (TPSA) is 76.7 Å². The Morgan fingerprint density at radius 2 is 1.76 bits per heavy atom. The standard InChI is InChI=1S/C18H19BrN2O4/c1-12(22)20-14-4-3-5-15(11-14)21-18(23)13-6-7-17(16(19)10-13)25-9-8-24-2/h3-7,10-11H,8-9H2,1-2H3,(H,20,22)(H,21,23). The van der Waals surface area contributed by atoms with Crippen molar-refractivity contribution in [2.75, 3.05) is 31.0 Å². The Bertz CT molecular complexity index is 764. The highest BCUT2D eigenvalue weighted by molar-refractivity contribution is 9.10. The Hall–Kier alpha value is -2.38. The summed E-state index contributed by atoms with van der Waals surface area (Å²) in [6, 6.07) is 12.0. The summed E-state index contributed by atoms with van der Waals surface area (Å²) in [5.41, 5.74) is 1.69. The summed E-state index contributed by atoms with van der Waals surface area (Å²) in [6.07, 6.45) is 0. The highest BCUT2D eigenvalue weighted by Gasteiger charge is 2.10. The molecule has 0 bridgehead atoms. The molecule has 0 aliphatic heterocycles. The number of methoxy groups -OCH3 is 1. The van der Waals surface area contributed by atoms with Gasteiger partial charge in [0.15, 0.2) is 0 Å². The minimum Gasteiger partial charge on any atom is -0.490 e. The van der Waals surface area contributed by atoms with E-state index in [2.05, 4.69) is 26.6 Å². The summed E-state index contributed by atoms with van der Waals surface area (Å²) in [4.78, 5) is 23.5. The zero-order valence-electron chi connectivity index (χ0n) is 14.0. The lowest BCUT2D eigenvalue weighted by Gasteiger charge is -2.10. The van der Waals surface area contributed by atoms with Gasteiger partial charge in [0.2, 0.25) is 5.91 Å². The molecule has 0 spiro atoms. The van der Waals surface area contributed by atoms with E-state index in [4.69, 9.17) is 9.47 Å². The molecular formula is C18H19BrN2O4. The summed E-state index contributed by atoms with van der Waals surface area (Å²) in [5, 5.41) is 5.47. The smallest absolute Gasteiger partial charge is 0.255 e. The van der Waals surface area contributed by atoms with Gasteiger partial charge in [-0.1, -0.05) is 6.07 Å². The van der Waals surface area contributed by atoms with Gasteiger partial charge >= 0.3 is 0 Å². The molecule has 0 aliphatic carbocycles. The van der Waals surface area contributed by atoms with E-state index in [1.807, 2.05) is 0 Å². The van der Waals surface area contributed by atoms with Crippen LogP contribution in [0.2, 0.25) is 0 Å². The lowest BCUT2D eigenvalue weighted by atomic mass is 10.2. The molecule has 0 unspecified atom stereocenters. The molecule has 0 atom stereocenters. The van der Waals surface area contributed by atoms with Crippen molar-refractivity contribution in [3.05, 3.63) is 52.5 Å². The van der Waals surface area contributed by atoms with E-state index < -0.39 is 0 Å². The van der Waals surface area contributed by atoms with Crippen molar-refractivity contribution >= 4 is 39.1 Å². The molecule has 2 rings (SSSR count). The van der Waals surface area contributed by atoms with Crippen LogP contribution in [0.25, 0.3) is 0 Å². The third kappa shape index (κ3) is 5.88. The van der Waals surface area contributed by atoms with Crippen molar-refractivity contribution in [1.29, 1.82) is 0 Å². The zero-order valence-corrected chi connectivity index (χ0v) is 15.6. The highest BCUT2D eigenvalue weighted by Crippen LogP contribution is 2.26. The highest BCUT2D eigenvalue weighted by atomic mass is 79.9. The van der Waals surface area contributed by atoms with Crippen LogP contribution in [0.4, 0.5) is 11.4 Å². The van der Waals surface area contributed by atoms with Crippen LogP contribution in [0.5, 0.6) is 5.75 Å². The molecule has 0 saturated heterocycles. The SMILES string of the molecule is COCCOc1ccc(C(=O)Nc2cccc(NC(C)=O)c2)cc1Br. The van der Waals surface area contributed by atoms with Gasteiger partial charge < -0.3 is 20.1 Å². The molecule has 2 amide bonds. The molecule has 2 N–H and O–H groups in total. The molecule has 0 aromatic heterocycles. The van der Waals surface area contributed by atoms with Crippen LogP contribution in [0.1, 0.15) is 17.3 Å². The number of hydrogen-bond acceptors (Lipinski definition) is 4. The number of amides is 2. The fourth-order valence-electron chi connectivity index (χ4n) is 2.08. The maximum absolute atomic E-state index is 12.4. The number of carbonyl (C=O) groups excluding carboxylic acids is 2. The van der Waals surface area contributed by atoms with E-state index in [-0.39, 0.29) is 11.8 Å². The summed E-state index contributed by atoms with van der Waals surface area (Å²) < 4.78 is 11.2. The first-order valence-corrected chi connectivity index (χ1v) is 8.39. The molecule has 6 nitrogen and oxygen atoms in total. The van der Waals surface area contributed by atoms with Crippen molar-refractivity contribution in [3.8, 4) is 5.75 Å². The molecule has 0 radical (unpaired) electrons. The van der Waals surface area contributed by atoms with E-state index in [1.54, 1.807) is 49.6 Å². The minimum absolute atomic E-state index is 0.170. The van der Waals surface area contributed by atoms with Gasteiger partial charge in [0.1, 0.15) is 12.4 Å². The Morgan fingerprint density at radius 1 is 1.04 bits per heavy atom. The monoisotopic (exact) mass is 406 g/mol. The molecule has 2 aromatic carbocycles. The number of hydrogen-bond donors (Lipinski definition) is 2. The lowest BCUT2D eigenvalue weighted by molar-refractivity contribution is -0.114. The second kappa shape index (κ2) is 9.19. The fourth-order valence-corrected chi connectivity index (χ4v) is 2.57. The quantitative estimate of drug-likeness (QED) is 0.687. The first-order chi connectivity index (χ1) is 12.0. The molecular weight excluding hydrogens is 388 g/mol. The van der Waals surface area contributed by atoms with Crippen LogP contribution >= 0.6 is 15.9 Å². The number of anilines is 2. The van der Waals surface area contributed by atoms with Crippen LogP contribution < -0.4 is 15.4 Å². The molecule has 2 aromatic rings. The normalized spacial score (nSPS) is 10.2. The van der Waals surface area contributed by atoms with Gasteiger partial charge in [-0.05, 0) is 52.3 Å². The van der Waals surface area contributed by atoms with E-state index >= 15 is 0 Å². The van der Waals surface area contributed by atoms with Crippen LogP contribution in [0.15, 0.2) is 46.9 Å². The van der Waals surface area contributed by atoms with Gasteiger partial charge in [0.25, 0.3) is 5.91 Å². The van der Waals surface area contributed by atoms with Gasteiger partial charge in [0.05, 0.1) is 11.1 Å². The van der Waals surface area contributed by atoms with Crippen molar-refractivity contribution in [2.45, 2.75) is 6.92 Å². The number of benzene rings is 2. The second-order valence-corrected chi connectivity index (χ2v) is 6.06. The molecule has 0 saturated carbocycles. The van der Waals surface area contributed by atoms with Crippen LogP contribution in [-0.2, 0) is 9.53 Å². The van der Waals surface area contributed by atoms with Crippen LogP contribution in [0.3, 0.4) is 0 Å². The van der Waals surface area contributed by atoms with Gasteiger partial charge in [-0.2, -0.15) is 0 Å². The van der Waals surface area contributed by atoms with E-state index in [9.17, 15) is 9.59 Å². The van der Waals surface area contributed by atoms with Crippen molar-refractivity contribution in [1.82, 2.24) is 0 Å². The Balaban J connectivity index is 2.05. The van der Waals surface area contributed by atoms with E-state index in [0.29, 0.717) is 40.4 Å². The van der Waals surface area contributed by atoms with E-state index in [1.165, 1.54) is 6.92 Å². The average Bonchev–Trinajstić information content (AvgIpc) is 2.56. The summed E-state index contributed by atoms with van der Waals surface area (Å²) >= 11 is 3.40. The maximum atomic E-state index is 12.4. The number of carbonyl (C=O) groups is 2. The lowest BCUT2D eigenvalue weighted by Crippen LogP contribution is -2.13. The Morgan fingerprint density at radius 3 is 2.40 bits per heavy atom. The van der Waals surface area contributed by atoms with Gasteiger partial charge in [0, 0.05) is 31.0 Å². The zero-order chi connectivity index (χ0) is 18.2. The maximum Gasteiger partial charge on any atom is 0.255 e. The molecule has 7 heteroatoms. The number of nitrogens with one attached hydrogen (secondary N) is 2. The first kappa shape index (κ1) is 19.0. The molecule has 0 aliphatic rings. The van der Waals surface area contributed by atoms with Gasteiger partial charge in [-0.3, -0.25) is 9.59 Å². The minimum atomic E-state index is -0.260. The number of rotatable bonds is 7. The van der Waals surface area contributed by atoms with Gasteiger partial charge in [-0.25, -0.2) is 0 Å². The molecule has 0 fully saturated rings. The number of halogens is 1. The van der Waals surface area contributed by atoms with E-state index in [0.717, 1.165) is 0 Å². The van der Waals surface area contributed by atoms with Crippen molar-refractivity contribution in [2.24, 2.45) is 0 Å². The first-order valence-electron chi connectivity index (χ1n) is 7.60. The predicted octanol–water partition coefficient (Wildman–Crippen LogP) is 3.69.